The second kappa shape index (κ2) is 7.63. The number of halogens is 2. The molecule has 25 heavy (non-hydrogen) atoms. The molecule has 2 heterocycles. The maximum absolute atomic E-state index is 6.06. The van der Waals surface area contributed by atoms with E-state index in [1.54, 1.807) is 12.3 Å². The lowest BCUT2D eigenvalue weighted by Gasteiger charge is -2.24. The molecular formula is C19H22Cl2N4. The quantitative estimate of drug-likeness (QED) is 0.553. The van der Waals surface area contributed by atoms with Crippen molar-refractivity contribution < 1.29 is 0 Å². The lowest BCUT2D eigenvalue weighted by atomic mass is 9.86. The van der Waals surface area contributed by atoms with Crippen molar-refractivity contribution >= 4 is 40.3 Å². The first-order valence-corrected chi connectivity index (χ1v) is 9.16. The van der Waals surface area contributed by atoms with Crippen LogP contribution in [0.1, 0.15) is 32.3 Å². The predicted octanol–water partition coefficient (Wildman–Crippen LogP) is 5.73. The lowest BCUT2D eigenvalue weighted by Crippen LogP contribution is -2.23. The molecule has 0 bridgehead atoms. The second-order valence-corrected chi connectivity index (χ2v) is 7.98. The monoisotopic (exact) mass is 376 g/mol. The van der Waals surface area contributed by atoms with Crippen molar-refractivity contribution in [2.75, 3.05) is 11.9 Å². The Morgan fingerprint density at radius 1 is 1.16 bits per heavy atom. The van der Waals surface area contributed by atoms with Crippen LogP contribution >= 0.6 is 23.2 Å². The summed E-state index contributed by atoms with van der Waals surface area (Å²) in [6, 6.07) is 9.61. The summed E-state index contributed by atoms with van der Waals surface area (Å²) in [5.41, 5.74) is 3.01. The SMILES string of the molecule is CC(C)(CCCc1cc(Cl)cc(Cl)c1)CNc1nc2ncccc2[nH]1. The maximum Gasteiger partial charge on any atom is 0.202 e. The third-order valence-corrected chi connectivity index (χ3v) is 4.67. The summed E-state index contributed by atoms with van der Waals surface area (Å²) >= 11 is 12.1. The first kappa shape index (κ1) is 18.0. The van der Waals surface area contributed by atoms with E-state index in [9.17, 15) is 0 Å². The Morgan fingerprint density at radius 3 is 2.64 bits per heavy atom. The van der Waals surface area contributed by atoms with Gasteiger partial charge in [0.25, 0.3) is 0 Å². The second-order valence-electron chi connectivity index (χ2n) is 7.11. The van der Waals surface area contributed by atoms with E-state index in [1.807, 2.05) is 24.3 Å². The highest BCUT2D eigenvalue weighted by molar-refractivity contribution is 6.34. The third-order valence-electron chi connectivity index (χ3n) is 4.23. The fourth-order valence-corrected chi connectivity index (χ4v) is 3.44. The summed E-state index contributed by atoms with van der Waals surface area (Å²) in [4.78, 5) is 11.9. The van der Waals surface area contributed by atoms with Gasteiger partial charge < -0.3 is 10.3 Å². The number of nitrogens with one attached hydrogen (secondary N) is 2. The Labute approximate surface area is 158 Å². The van der Waals surface area contributed by atoms with Crippen LogP contribution in [0.3, 0.4) is 0 Å². The zero-order chi connectivity index (χ0) is 17.9. The molecule has 0 saturated carbocycles. The third kappa shape index (κ3) is 5.10. The number of pyridine rings is 1. The smallest absolute Gasteiger partial charge is 0.202 e. The number of nitrogens with zero attached hydrogens (tertiary/aromatic N) is 2. The van der Waals surface area contributed by atoms with Gasteiger partial charge in [0.1, 0.15) is 0 Å². The first-order valence-electron chi connectivity index (χ1n) is 8.41. The number of anilines is 1. The zero-order valence-corrected chi connectivity index (χ0v) is 16.0. The number of aromatic nitrogens is 3. The number of aryl methyl sites for hydroxylation is 1. The van der Waals surface area contributed by atoms with Gasteiger partial charge in [-0.25, -0.2) is 4.98 Å². The van der Waals surface area contributed by atoms with Gasteiger partial charge in [-0.15, -0.1) is 0 Å². The Bertz CT molecular complexity index is 804. The molecule has 2 N–H and O–H groups in total. The molecule has 4 nitrogen and oxygen atoms in total. The van der Waals surface area contributed by atoms with Gasteiger partial charge in [0.05, 0.1) is 5.52 Å². The van der Waals surface area contributed by atoms with Crippen LogP contribution in [0.15, 0.2) is 36.5 Å². The van der Waals surface area contributed by atoms with Crippen LogP contribution in [0.25, 0.3) is 11.2 Å². The topological polar surface area (TPSA) is 53.6 Å². The molecule has 6 heteroatoms. The first-order chi connectivity index (χ1) is 11.9. The molecular weight excluding hydrogens is 355 g/mol. The molecule has 0 saturated heterocycles. The van der Waals surface area contributed by atoms with Gasteiger partial charge >= 0.3 is 0 Å². The molecule has 0 radical (unpaired) electrons. The number of fused-ring (bicyclic) bond motifs is 1. The van der Waals surface area contributed by atoms with Gasteiger partial charge in [0.15, 0.2) is 5.65 Å². The summed E-state index contributed by atoms with van der Waals surface area (Å²) in [7, 11) is 0. The predicted molar refractivity (Wildman–Crippen MR) is 106 cm³/mol. The van der Waals surface area contributed by atoms with Gasteiger partial charge in [-0.1, -0.05) is 37.0 Å². The molecule has 0 atom stereocenters. The van der Waals surface area contributed by atoms with Crippen LogP contribution in [0.4, 0.5) is 5.95 Å². The molecule has 1 aromatic carbocycles. The highest BCUT2D eigenvalue weighted by Gasteiger charge is 2.18. The van der Waals surface area contributed by atoms with Gasteiger partial charge in [0, 0.05) is 22.8 Å². The van der Waals surface area contributed by atoms with E-state index in [4.69, 9.17) is 23.2 Å². The van der Waals surface area contributed by atoms with E-state index >= 15 is 0 Å². The van der Waals surface area contributed by atoms with Gasteiger partial charge in [-0.2, -0.15) is 4.98 Å². The summed E-state index contributed by atoms with van der Waals surface area (Å²) in [5.74, 6) is 0.767. The Balaban J connectivity index is 1.51. The van der Waals surface area contributed by atoms with Crippen molar-refractivity contribution in [1.82, 2.24) is 15.0 Å². The number of hydrogen-bond donors (Lipinski definition) is 2. The molecule has 0 unspecified atom stereocenters. The molecule has 0 aliphatic carbocycles. The van der Waals surface area contributed by atoms with Crippen LogP contribution in [-0.4, -0.2) is 21.5 Å². The average molecular weight is 377 g/mol. The van der Waals surface area contributed by atoms with E-state index in [-0.39, 0.29) is 5.41 Å². The van der Waals surface area contributed by atoms with E-state index in [0.717, 1.165) is 42.9 Å². The van der Waals surface area contributed by atoms with E-state index in [2.05, 4.69) is 34.1 Å². The summed E-state index contributed by atoms with van der Waals surface area (Å²) in [6.45, 7) is 5.35. The fourth-order valence-electron chi connectivity index (χ4n) is 2.87. The van der Waals surface area contributed by atoms with Crippen molar-refractivity contribution in [1.29, 1.82) is 0 Å². The Kier molecular flexibility index (Phi) is 5.50. The van der Waals surface area contributed by atoms with E-state index < -0.39 is 0 Å². The van der Waals surface area contributed by atoms with Crippen molar-refractivity contribution in [3.05, 3.63) is 52.1 Å². The van der Waals surface area contributed by atoms with Crippen LogP contribution in [0.2, 0.25) is 10.0 Å². The molecule has 0 aliphatic heterocycles. The molecule has 0 spiro atoms. The van der Waals surface area contributed by atoms with Crippen LogP contribution < -0.4 is 5.32 Å². The summed E-state index contributed by atoms with van der Waals surface area (Å²) in [5, 5.41) is 4.78. The molecule has 132 valence electrons. The van der Waals surface area contributed by atoms with Crippen molar-refractivity contribution in [2.45, 2.75) is 33.1 Å². The standard InChI is InChI=1S/C19H22Cl2N4/c1-19(2,7-3-5-13-9-14(20)11-15(21)10-13)12-23-18-24-16-6-4-8-22-17(16)25-18/h4,6,8-11H,3,5,7,12H2,1-2H3,(H2,22,23,24,25). The molecule has 2 aromatic heterocycles. The minimum absolute atomic E-state index is 0.148. The largest absolute Gasteiger partial charge is 0.355 e. The minimum atomic E-state index is 0.148. The normalized spacial score (nSPS) is 11.8. The molecule has 0 fully saturated rings. The van der Waals surface area contributed by atoms with Gasteiger partial charge in [-0.05, 0) is 60.6 Å². The number of benzene rings is 1. The lowest BCUT2D eigenvalue weighted by molar-refractivity contribution is 0.347. The number of imidazole rings is 1. The molecule has 0 amide bonds. The highest BCUT2D eigenvalue weighted by atomic mass is 35.5. The van der Waals surface area contributed by atoms with Crippen LogP contribution in [-0.2, 0) is 6.42 Å². The maximum atomic E-state index is 6.06. The van der Waals surface area contributed by atoms with Crippen LogP contribution in [0.5, 0.6) is 0 Å². The number of hydrogen-bond acceptors (Lipinski definition) is 3. The van der Waals surface area contributed by atoms with Crippen LogP contribution in [0, 0.1) is 5.41 Å². The Morgan fingerprint density at radius 2 is 1.92 bits per heavy atom. The summed E-state index contributed by atoms with van der Waals surface area (Å²) < 4.78 is 0. The number of rotatable bonds is 7. The number of H-pyrrole nitrogens is 1. The Hall–Kier alpha value is -1.78. The van der Waals surface area contributed by atoms with Crippen molar-refractivity contribution in [3.8, 4) is 0 Å². The minimum Gasteiger partial charge on any atom is -0.355 e. The molecule has 0 aliphatic rings. The van der Waals surface area contributed by atoms with E-state index in [1.165, 1.54) is 5.56 Å². The van der Waals surface area contributed by atoms with Gasteiger partial charge in [0.2, 0.25) is 5.95 Å². The van der Waals surface area contributed by atoms with Crippen molar-refractivity contribution in [3.63, 3.8) is 0 Å². The number of aromatic amines is 1. The highest BCUT2D eigenvalue weighted by Crippen LogP contribution is 2.26. The van der Waals surface area contributed by atoms with Crippen molar-refractivity contribution in [2.24, 2.45) is 5.41 Å². The average Bonchev–Trinajstić information content (AvgIpc) is 2.95. The van der Waals surface area contributed by atoms with E-state index in [0.29, 0.717) is 10.0 Å². The molecule has 3 rings (SSSR count). The fraction of sp³-hybridized carbons (Fsp3) is 0.368. The zero-order valence-electron chi connectivity index (χ0n) is 14.4. The summed E-state index contributed by atoms with van der Waals surface area (Å²) in [6.07, 6.45) is 4.88. The van der Waals surface area contributed by atoms with Gasteiger partial charge in [-0.3, -0.25) is 0 Å². The molecule has 3 aromatic rings.